The number of fused-ring (bicyclic) bond motifs is 1. The average molecular weight is 508 g/mol. The number of para-hydroxylation sites is 1. The Balaban J connectivity index is 0.00000300. The van der Waals surface area contributed by atoms with Crippen molar-refractivity contribution < 1.29 is 14.3 Å². The number of anilines is 1. The molecule has 3 rings (SSSR count). The van der Waals surface area contributed by atoms with Gasteiger partial charge in [-0.05, 0) is 44.2 Å². The van der Waals surface area contributed by atoms with Crippen LogP contribution in [0.2, 0.25) is 0 Å². The van der Waals surface area contributed by atoms with Crippen molar-refractivity contribution in [3.05, 3.63) is 59.9 Å². The number of aliphatic imine (C=N–C) groups is 1. The normalized spacial score (nSPS) is 11.0. The van der Waals surface area contributed by atoms with Gasteiger partial charge in [-0.2, -0.15) is 0 Å². The molecule has 0 saturated heterocycles. The van der Waals surface area contributed by atoms with Crippen LogP contribution in [-0.4, -0.2) is 30.1 Å². The number of phenols is 1. The first-order chi connectivity index (χ1) is 13.6. The zero-order valence-electron chi connectivity index (χ0n) is 16.4. The van der Waals surface area contributed by atoms with E-state index in [2.05, 4.69) is 20.9 Å². The highest BCUT2D eigenvalue weighted by Gasteiger charge is 2.10. The Kier molecular flexibility index (Phi) is 8.32. The van der Waals surface area contributed by atoms with Crippen LogP contribution in [0.4, 0.5) is 5.69 Å². The van der Waals surface area contributed by atoms with Crippen molar-refractivity contribution >= 4 is 52.5 Å². The smallest absolute Gasteiger partial charge is 0.246 e. The maximum absolute atomic E-state index is 12.1. The summed E-state index contributed by atoms with van der Waals surface area (Å²) in [4.78, 5) is 16.4. The SMILES string of the molecule is CCNC(=NCC(=O)Nc1ccc(O)cc1)NCc1oc2ccccc2c1C.I. The van der Waals surface area contributed by atoms with Gasteiger partial charge in [0.15, 0.2) is 5.96 Å². The van der Waals surface area contributed by atoms with Gasteiger partial charge in [0.1, 0.15) is 23.6 Å². The maximum Gasteiger partial charge on any atom is 0.246 e. The number of nitrogens with zero attached hydrogens (tertiary/aromatic N) is 1. The Bertz CT molecular complexity index is 983. The van der Waals surface area contributed by atoms with Gasteiger partial charge in [-0.25, -0.2) is 4.99 Å². The van der Waals surface area contributed by atoms with Crippen molar-refractivity contribution in [1.82, 2.24) is 10.6 Å². The molecule has 0 aliphatic rings. The number of guanidine groups is 1. The molecule has 7 nitrogen and oxygen atoms in total. The summed E-state index contributed by atoms with van der Waals surface area (Å²) in [5.74, 6) is 1.27. The average Bonchev–Trinajstić information content (AvgIpc) is 3.02. The highest BCUT2D eigenvalue weighted by molar-refractivity contribution is 14.0. The summed E-state index contributed by atoms with van der Waals surface area (Å²) < 4.78 is 5.90. The summed E-state index contributed by atoms with van der Waals surface area (Å²) in [7, 11) is 0. The standard InChI is InChI=1S/C21H24N4O3.HI/c1-3-22-21(24-13-20(27)25-15-8-10-16(26)11-9-15)23-12-19-14(2)17-6-4-5-7-18(17)28-19;/h4-11,26H,3,12-13H2,1-2H3,(H,25,27)(H2,22,23,24);1H. The lowest BCUT2D eigenvalue weighted by atomic mass is 10.1. The monoisotopic (exact) mass is 508 g/mol. The molecule has 0 aliphatic heterocycles. The molecule has 1 aromatic heterocycles. The largest absolute Gasteiger partial charge is 0.508 e. The summed E-state index contributed by atoms with van der Waals surface area (Å²) in [6, 6.07) is 14.2. The molecule has 0 bridgehead atoms. The first-order valence-electron chi connectivity index (χ1n) is 9.15. The summed E-state index contributed by atoms with van der Waals surface area (Å²) in [6.07, 6.45) is 0. The van der Waals surface area contributed by atoms with E-state index in [1.165, 1.54) is 12.1 Å². The molecular weight excluding hydrogens is 483 g/mol. The predicted octanol–water partition coefficient (Wildman–Crippen LogP) is 3.76. The molecule has 0 unspecified atom stereocenters. The number of carbonyl (C=O) groups excluding carboxylic acids is 1. The van der Waals surface area contributed by atoms with E-state index >= 15 is 0 Å². The minimum Gasteiger partial charge on any atom is -0.508 e. The Morgan fingerprint density at radius 1 is 1.10 bits per heavy atom. The second kappa shape index (κ2) is 10.7. The molecule has 4 N–H and O–H groups in total. The number of aryl methyl sites for hydroxylation is 1. The van der Waals surface area contributed by atoms with Crippen molar-refractivity contribution in [3.63, 3.8) is 0 Å². The number of carbonyl (C=O) groups is 1. The third-order valence-corrected chi connectivity index (χ3v) is 4.23. The zero-order valence-corrected chi connectivity index (χ0v) is 18.7. The van der Waals surface area contributed by atoms with E-state index in [-0.39, 0.29) is 42.2 Å². The number of hydrogen-bond donors (Lipinski definition) is 4. The second-order valence-electron chi connectivity index (χ2n) is 6.29. The predicted molar refractivity (Wildman–Crippen MR) is 126 cm³/mol. The van der Waals surface area contributed by atoms with Crippen LogP contribution in [0.25, 0.3) is 11.0 Å². The summed E-state index contributed by atoms with van der Waals surface area (Å²) >= 11 is 0. The molecule has 0 saturated carbocycles. The van der Waals surface area contributed by atoms with Crippen LogP contribution in [0.15, 0.2) is 57.9 Å². The fourth-order valence-corrected chi connectivity index (χ4v) is 2.80. The van der Waals surface area contributed by atoms with Gasteiger partial charge in [0.25, 0.3) is 0 Å². The summed E-state index contributed by atoms with van der Waals surface area (Å²) in [5, 5.41) is 19.4. The van der Waals surface area contributed by atoms with E-state index in [0.29, 0.717) is 24.7 Å². The van der Waals surface area contributed by atoms with E-state index in [9.17, 15) is 9.90 Å². The van der Waals surface area contributed by atoms with E-state index in [4.69, 9.17) is 4.42 Å². The fourth-order valence-electron chi connectivity index (χ4n) is 2.80. The number of benzene rings is 2. The lowest BCUT2D eigenvalue weighted by molar-refractivity contribution is -0.114. The molecular formula is C21H25IN4O3. The topological polar surface area (TPSA) is 98.9 Å². The number of amides is 1. The number of furan rings is 1. The van der Waals surface area contributed by atoms with Crippen LogP contribution in [0.1, 0.15) is 18.2 Å². The number of hydrogen-bond acceptors (Lipinski definition) is 4. The quantitative estimate of drug-likeness (QED) is 0.176. The molecule has 3 aromatic rings. The molecule has 0 spiro atoms. The van der Waals surface area contributed by atoms with E-state index < -0.39 is 0 Å². The first kappa shape index (κ1) is 22.5. The molecule has 0 atom stereocenters. The highest BCUT2D eigenvalue weighted by Crippen LogP contribution is 2.24. The zero-order chi connectivity index (χ0) is 19.9. The number of nitrogens with one attached hydrogen (secondary N) is 3. The van der Waals surface area contributed by atoms with Gasteiger partial charge in [-0.3, -0.25) is 4.79 Å². The van der Waals surface area contributed by atoms with E-state index in [1.807, 2.05) is 38.1 Å². The Morgan fingerprint density at radius 3 is 2.52 bits per heavy atom. The number of aromatic hydroxyl groups is 1. The van der Waals surface area contributed by atoms with Gasteiger partial charge in [0, 0.05) is 23.2 Å². The van der Waals surface area contributed by atoms with Gasteiger partial charge in [0.05, 0.1) is 6.54 Å². The van der Waals surface area contributed by atoms with Crippen LogP contribution in [0.3, 0.4) is 0 Å². The number of rotatable bonds is 6. The minimum absolute atomic E-state index is 0. The molecule has 8 heteroatoms. The molecule has 0 aliphatic carbocycles. The molecule has 2 aromatic carbocycles. The molecule has 0 fully saturated rings. The van der Waals surface area contributed by atoms with Crippen molar-refractivity contribution in [2.45, 2.75) is 20.4 Å². The lowest BCUT2D eigenvalue weighted by Gasteiger charge is -2.10. The highest BCUT2D eigenvalue weighted by atomic mass is 127. The minimum atomic E-state index is -0.247. The third-order valence-electron chi connectivity index (χ3n) is 4.23. The Hall–Kier alpha value is -2.75. The second-order valence-corrected chi connectivity index (χ2v) is 6.29. The maximum atomic E-state index is 12.1. The van der Waals surface area contributed by atoms with Crippen LogP contribution in [0, 0.1) is 6.92 Å². The van der Waals surface area contributed by atoms with E-state index in [1.54, 1.807) is 12.1 Å². The Morgan fingerprint density at radius 2 is 1.83 bits per heavy atom. The van der Waals surface area contributed by atoms with Crippen molar-refractivity contribution in [3.8, 4) is 5.75 Å². The molecule has 1 heterocycles. The first-order valence-corrected chi connectivity index (χ1v) is 9.15. The lowest BCUT2D eigenvalue weighted by Crippen LogP contribution is -2.37. The third kappa shape index (κ3) is 6.11. The van der Waals surface area contributed by atoms with Gasteiger partial charge in [-0.1, -0.05) is 18.2 Å². The van der Waals surface area contributed by atoms with Crippen LogP contribution >= 0.6 is 24.0 Å². The van der Waals surface area contributed by atoms with Crippen LogP contribution < -0.4 is 16.0 Å². The van der Waals surface area contributed by atoms with Gasteiger partial charge in [-0.15, -0.1) is 24.0 Å². The van der Waals surface area contributed by atoms with Gasteiger partial charge < -0.3 is 25.5 Å². The van der Waals surface area contributed by atoms with Crippen molar-refractivity contribution in [2.75, 3.05) is 18.4 Å². The molecule has 0 radical (unpaired) electrons. The van der Waals surface area contributed by atoms with E-state index in [0.717, 1.165) is 22.3 Å². The summed E-state index contributed by atoms with van der Waals surface area (Å²) in [5.41, 5.74) is 2.55. The Labute approximate surface area is 186 Å². The van der Waals surface area contributed by atoms with Gasteiger partial charge in [0.2, 0.25) is 5.91 Å². The van der Waals surface area contributed by atoms with Crippen LogP contribution in [0.5, 0.6) is 5.75 Å². The van der Waals surface area contributed by atoms with Crippen molar-refractivity contribution in [2.24, 2.45) is 4.99 Å². The van der Waals surface area contributed by atoms with Crippen LogP contribution in [-0.2, 0) is 11.3 Å². The number of phenolic OH excluding ortho intramolecular Hbond substituents is 1. The molecule has 154 valence electrons. The number of halogens is 1. The molecule has 29 heavy (non-hydrogen) atoms. The van der Waals surface area contributed by atoms with Crippen molar-refractivity contribution in [1.29, 1.82) is 0 Å². The molecule has 1 amide bonds. The summed E-state index contributed by atoms with van der Waals surface area (Å²) in [6.45, 7) is 5.09. The fraction of sp³-hybridized carbons (Fsp3) is 0.238. The van der Waals surface area contributed by atoms with Gasteiger partial charge >= 0.3 is 0 Å².